The van der Waals surface area contributed by atoms with Crippen LogP contribution in [0, 0.1) is 19.8 Å². The van der Waals surface area contributed by atoms with Crippen molar-refractivity contribution >= 4 is 39.4 Å². The van der Waals surface area contributed by atoms with Gasteiger partial charge in [-0.15, -0.1) is 11.3 Å². The number of ether oxygens (including phenoxy) is 1. The third-order valence-corrected chi connectivity index (χ3v) is 7.70. The first kappa shape index (κ1) is 27.9. The van der Waals surface area contributed by atoms with Gasteiger partial charge in [0.25, 0.3) is 0 Å². The molecule has 0 aliphatic heterocycles. The Bertz CT molecular complexity index is 1300. The van der Waals surface area contributed by atoms with Crippen LogP contribution in [0.4, 0.5) is 16.6 Å². The van der Waals surface area contributed by atoms with Crippen LogP contribution in [0.2, 0.25) is 0 Å². The van der Waals surface area contributed by atoms with Gasteiger partial charge in [0.05, 0.1) is 46.0 Å². The number of carbonyl (C=O) groups is 1. The van der Waals surface area contributed by atoms with Crippen molar-refractivity contribution < 1.29 is 24.9 Å². The molecule has 13 heteroatoms. The van der Waals surface area contributed by atoms with Crippen molar-refractivity contribution in [3.63, 3.8) is 0 Å². The van der Waals surface area contributed by atoms with E-state index in [1.165, 1.54) is 11.3 Å². The van der Waals surface area contributed by atoms with Crippen LogP contribution in [0.25, 0.3) is 20.8 Å². The van der Waals surface area contributed by atoms with E-state index in [1.54, 1.807) is 27.0 Å². The van der Waals surface area contributed by atoms with E-state index in [2.05, 4.69) is 30.9 Å². The van der Waals surface area contributed by atoms with Crippen LogP contribution in [0.5, 0.6) is 0 Å². The first-order valence-electron chi connectivity index (χ1n) is 12.6. The van der Waals surface area contributed by atoms with Crippen molar-refractivity contribution in [3.8, 4) is 10.6 Å². The Labute approximate surface area is 224 Å². The Balaban J connectivity index is 1.65. The van der Waals surface area contributed by atoms with Gasteiger partial charge in [0.2, 0.25) is 5.95 Å². The summed E-state index contributed by atoms with van der Waals surface area (Å²) in [5, 5.41) is 41.7. The molecule has 0 bridgehead atoms. The SMILES string of the molecule is CCOC(=O)NCCNc1nc(C)c(-c2nc3c(C)nccc3s2)c(NC2C[C@H](C(C)(C)O)[C@@H](O)[C@H]2O)n1. The molecule has 3 aromatic heterocycles. The lowest BCUT2D eigenvalue weighted by Gasteiger charge is -2.28. The third kappa shape index (κ3) is 5.96. The molecule has 1 unspecified atom stereocenters. The monoisotopic (exact) mass is 545 g/mol. The molecule has 12 nitrogen and oxygen atoms in total. The van der Waals surface area contributed by atoms with Crippen LogP contribution in [-0.2, 0) is 4.74 Å². The lowest BCUT2D eigenvalue weighted by Crippen LogP contribution is -2.40. The third-order valence-electron chi connectivity index (χ3n) is 6.66. The van der Waals surface area contributed by atoms with Crippen LogP contribution in [0.15, 0.2) is 12.3 Å². The van der Waals surface area contributed by atoms with E-state index in [0.29, 0.717) is 47.5 Å². The van der Waals surface area contributed by atoms with Crippen molar-refractivity contribution in [3.05, 3.63) is 23.7 Å². The summed E-state index contributed by atoms with van der Waals surface area (Å²) in [5.74, 6) is 0.241. The van der Waals surface area contributed by atoms with E-state index >= 15 is 0 Å². The number of hydrogen-bond acceptors (Lipinski definition) is 12. The Morgan fingerprint density at radius 1 is 1.16 bits per heavy atom. The number of aliphatic hydroxyl groups is 3. The fourth-order valence-corrected chi connectivity index (χ4v) is 5.79. The Hall–Kier alpha value is -3.13. The first-order chi connectivity index (χ1) is 18.0. The minimum Gasteiger partial charge on any atom is -0.450 e. The fraction of sp³-hybridized carbons (Fsp3) is 0.560. The summed E-state index contributed by atoms with van der Waals surface area (Å²) in [6.07, 6.45) is -0.626. The van der Waals surface area contributed by atoms with Gasteiger partial charge in [0, 0.05) is 25.2 Å². The van der Waals surface area contributed by atoms with Crippen molar-refractivity contribution in [1.82, 2.24) is 25.3 Å². The number of nitrogens with zero attached hydrogens (tertiary/aromatic N) is 4. The summed E-state index contributed by atoms with van der Waals surface area (Å²) in [6.45, 7) is 9.68. The molecular weight excluding hydrogens is 510 g/mol. The zero-order chi connectivity index (χ0) is 27.6. The number of pyridine rings is 1. The molecule has 1 aliphatic carbocycles. The molecule has 3 aromatic rings. The van der Waals surface area contributed by atoms with Crippen LogP contribution < -0.4 is 16.0 Å². The van der Waals surface area contributed by atoms with Gasteiger partial charge in [-0.25, -0.2) is 14.8 Å². The van der Waals surface area contributed by atoms with Gasteiger partial charge in [-0.05, 0) is 47.1 Å². The van der Waals surface area contributed by atoms with Crippen LogP contribution in [0.1, 0.15) is 38.6 Å². The maximum absolute atomic E-state index is 11.5. The molecule has 1 saturated carbocycles. The van der Waals surface area contributed by atoms with Crippen LogP contribution in [0.3, 0.4) is 0 Å². The average Bonchev–Trinajstić information content (AvgIpc) is 3.39. The van der Waals surface area contributed by atoms with E-state index in [1.807, 2.05) is 19.9 Å². The molecule has 0 spiro atoms. The summed E-state index contributed by atoms with van der Waals surface area (Å²) in [5.41, 5.74) is 1.77. The highest BCUT2D eigenvalue weighted by atomic mass is 32.1. The number of rotatable bonds is 9. The number of fused-ring (bicyclic) bond motifs is 1. The number of nitrogens with one attached hydrogen (secondary N) is 3. The van der Waals surface area contributed by atoms with Gasteiger partial charge in [-0.1, -0.05) is 0 Å². The number of anilines is 2. The molecule has 0 aromatic carbocycles. The lowest BCUT2D eigenvalue weighted by molar-refractivity contribution is -0.0601. The zero-order valence-corrected chi connectivity index (χ0v) is 23.0. The quantitative estimate of drug-likeness (QED) is 0.218. The van der Waals surface area contributed by atoms with Crippen LogP contribution in [-0.4, -0.2) is 84.9 Å². The number of aliphatic hydroxyl groups excluding tert-OH is 2. The predicted molar refractivity (Wildman–Crippen MR) is 145 cm³/mol. The molecule has 4 rings (SSSR count). The number of hydrogen-bond donors (Lipinski definition) is 6. The molecule has 0 radical (unpaired) electrons. The topological polar surface area (TPSA) is 175 Å². The molecule has 0 saturated heterocycles. The fourth-order valence-electron chi connectivity index (χ4n) is 4.68. The first-order valence-corrected chi connectivity index (χ1v) is 13.4. The molecule has 1 amide bonds. The zero-order valence-electron chi connectivity index (χ0n) is 22.1. The minimum absolute atomic E-state index is 0.287. The van der Waals surface area contributed by atoms with Gasteiger partial charge >= 0.3 is 6.09 Å². The normalized spacial score (nSPS) is 21.5. The second-order valence-electron chi connectivity index (χ2n) is 9.92. The van der Waals surface area contributed by atoms with Gasteiger partial charge in [0.15, 0.2) is 0 Å². The van der Waals surface area contributed by atoms with E-state index in [4.69, 9.17) is 9.72 Å². The summed E-state index contributed by atoms with van der Waals surface area (Å²) in [4.78, 5) is 30.0. The van der Waals surface area contributed by atoms with Gasteiger partial charge < -0.3 is 36.0 Å². The van der Waals surface area contributed by atoms with E-state index in [-0.39, 0.29) is 6.61 Å². The predicted octanol–water partition coefficient (Wildman–Crippen LogP) is 2.22. The van der Waals surface area contributed by atoms with E-state index in [9.17, 15) is 20.1 Å². The van der Waals surface area contributed by atoms with Crippen molar-refractivity contribution in [2.24, 2.45) is 5.92 Å². The van der Waals surface area contributed by atoms with E-state index < -0.39 is 35.9 Å². The van der Waals surface area contributed by atoms with Gasteiger partial charge in [0.1, 0.15) is 22.4 Å². The summed E-state index contributed by atoms with van der Waals surface area (Å²) in [6, 6.07) is 1.34. The number of thiazole rings is 1. The highest BCUT2D eigenvalue weighted by molar-refractivity contribution is 7.21. The van der Waals surface area contributed by atoms with Crippen molar-refractivity contribution in [2.45, 2.75) is 64.9 Å². The maximum Gasteiger partial charge on any atom is 0.407 e. The Morgan fingerprint density at radius 3 is 2.58 bits per heavy atom. The maximum atomic E-state index is 11.5. The molecule has 1 aliphatic rings. The number of alkyl carbamates (subject to hydrolysis) is 1. The van der Waals surface area contributed by atoms with E-state index in [0.717, 1.165) is 15.9 Å². The largest absolute Gasteiger partial charge is 0.450 e. The average molecular weight is 546 g/mol. The smallest absolute Gasteiger partial charge is 0.407 e. The second kappa shape index (κ2) is 11.3. The number of amides is 1. The summed E-state index contributed by atoms with van der Waals surface area (Å²) >= 11 is 1.49. The summed E-state index contributed by atoms with van der Waals surface area (Å²) in [7, 11) is 0. The van der Waals surface area contributed by atoms with Crippen molar-refractivity contribution in [1.29, 1.82) is 0 Å². The van der Waals surface area contributed by atoms with Crippen LogP contribution >= 0.6 is 11.3 Å². The standard InChI is InChI=1S/C25H35N7O5S/c1-6-37-24(35)28-10-9-27-23-29-12(2)17(22-31-18-13(3)26-8-7-16(18)38-22)21(32-23)30-15-11-14(25(4,5)36)19(33)20(15)34/h7-8,14-15,19-20,33-34,36H,6,9-11H2,1-5H3,(H,28,35)(H2,27,29,30,32)/t14-,15?,19+,20-/m0/s1. The molecule has 3 heterocycles. The minimum atomic E-state index is -1.17. The molecule has 206 valence electrons. The number of aryl methyl sites for hydroxylation is 2. The molecule has 1 fully saturated rings. The van der Waals surface area contributed by atoms with Gasteiger partial charge in [-0.2, -0.15) is 4.98 Å². The van der Waals surface area contributed by atoms with Crippen molar-refractivity contribution in [2.75, 3.05) is 30.3 Å². The molecule has 38 heavy (non-hydrogen) atoms. The van der Waals surface area contributed by atoms with Gasteiger partial charge in [-0.3, -0.25) is 4.98 Å². The highest BCUT2D eigenvalue weighted by Crippen LogP contribution is 2.40. The Kier molecular flexibility index (Phi) is 8.31. The number of aromatic nitrogens is 4. The molecule has 6 N–H and O–H groups in total. The summed E-state index contributed by atoms with van der Waals surface area (Å²) < 4.78 is 5.84. The Morgan fingerprint density at radius 2 is 1.92 bits per heavy atom. The molecule has 4 atom stereocenters. The lowest BCUT2D eigenvalue weighted by atomic mass is 9.88. The highest BCUT2D eigenvalue weighted by Gasteiger charge is 2.48. The number of carbonyl (C=O) groups excluding carboxylic acids is 1. The molecular formula is C25H35N7O5S. The second-order valence-corrected chi connectivity index (χ2v) is 11.0.